The number of hydrogen-bond acceptors (Lipinski definition) is 3. The summed E-state index contributed by atoms with van der Waals surface area (Å²) >= 11 is 0. The summed E-state index contributed by atoms with van der Waals surface area (Å²) < 4.78 is 0. The first kappa shape index (κ1) is 20.4. The molecule has 2 aromatic rings. The van der Waals surface area contributed by atoms with Crippen molar-refractivity contribution in [3.63, 3.8) is 0 Å². The minimum absolute atomic E-state index is 0. The van der Waals surface area contributed by atoms with Crippen LogP contribution in [0.2, 0.25) is 0 Å². The Kier molecular flexibility index (Phi) is 6.37. The van der Waals surface area contributed by atoms with E-state index in [9.17, 15) is 9.59 Å². The maximum Gasteiger partial charge on any atom is 0.251 e. The summed E-state index contributed by atoms with van der Waals surface area (Å²) in [6.07, 6.45) is 3.01. The van der Waals surface area contributed by atoms with Crippen molar-refractivity contribution in [1.29, 1.82) is 0 Å². The first-order valence-electron chi connectivity index (χ1n) is 9.60. The van der Waals surface area contributed by atoms with E-state index in [0.717, 1.165) is 43.6 Å². The van der Waals surface area contributed by atoms with Crippen LogP contribution >= 0.6 is 12.4 Å². The van der Waals surface area contributed by atoms with Crippen molar-refractivity contribution in [3.05, 3.63) is 66.2 Å². The summed E-state index contributed by atoms with van der Waals surface area (Å²) in [7, 11) is 0. The Morgan fingerprint density at radius 3 is 2.21 bits per heavy atom. The van der Waals surface area contributed by atoms with Crippen LogP contribution in [0, 0.1) is 11.3 Å². The lowest BCUT2D eigenvalue weighted by Crippen LogP contribution is -2.39. The summed E-state index contributed by atoms with van der Waals surface area (Å²) in [5.74, 6) is -0.204. The smallest absolute Gasteiger partial charge is 0.251 e. The normalized spacial score (nSPS) is 20.5. The standard InChI is InChI=1S/C22H25N3O2.ClH/c26-20(18-15-22(18)11-13-23-14-12-22)25-19(16-7-3-1-4-8-16)21(27)24-17-9-5-2-6-10-17;/h1-10,18-19,23H,11-15H2,(H,24,27)(H,25,26);1H. The van der Waals surface area contributed by atoms with Gasteiger partial charge < -0.3 is 16.0 Å². The number of para-hydroxylation sites is 1. The molecule has 6 heteroatoms. The van der Waals surface area contributed by atoms with Crippen LogP contribution in [-0.4, -0.2) is 24.9 Å². The average Bonchev–Trinajstić information content (AvgIpc) is 3.40. The Hall–Kier alpha value is -2.37. The lowest BCUT2D eigenvalue weighted by molar-refractivity contribution is -0.128. The predicted octanol–water partition coefficient (Wildman–Crippen LogP) is 3.29. The Morgan fingerprint density at radius 2 is 1.57 bits per heavy atom. The molecule has 0 bridgehead atoms. The molecule has 1 heterocycles. The fourth-order valence-electron chi connectivity index (χ4n) is 4.12. The van der Waals surface area contributed by atoms with Gasteiger partial charge in [-0.3, -0.25) is 9.59 Å². The van der Waals surface area contributed by atoms with Crippen LogP contribution in [-0.2, 0) is 9.59 Å². The molecule has 1 saturated carbocycles. The Bertz CT molecular complexity index is 807. The molecule has 1 aliphatic carbocycles. The minimum Gasteiger partial charge on any atom is -0.340 e. The number of benzene rings is 2. The van der Waals surface area contributed by atoms with Gasteiger partial charge >= 0.3 is 0 Å². The number of rotatable bonds is 5. The zero-order chi connectivity index (χ0) is 18.7. The molecule has 28 heavy (non-hydrogen) atoms. The van der Waals surface area contributed by atoms with Gasteiger partial charge in [-0.15, -0.1) is 12.4 Å². The molecule has 1 saturated heterocycles. The lowest BCUT2D eigenvalue weighted by atomic mass is 9.91. The monoisotopic (exact) mass is 399 g/mol. The molecule has 1 aliphatic heterocycles. The van der Waals surface area contributed by atoms with Crippen molar-refractivity contribution < 1.29 is 9.59 Å². The molecule has 2 fully saturated rings. The molecule has 2 aliphatic rings. The number of amides is 2. The van der Waals surface area contributed by atoms with Crippen molar-refractivity contribution in [2.75, 3.05) is 18.4 Å². The number of carbonyl (C=O) groups excluding carboxylic acids is 2. The Balaban J connectivity index is 0.00000225. The van der Waals surface area contributed by atoms with Gasteiger partial charge in [0.2, 0.25) is 5.91 Å². The zero-order valence-electron chi connectivity index (χ0n) is 15.7. The lowest BCUT2D eigenvalue weighted by Gasteiger charge is -2.24. The second-order valence-electron chi connectivity index (χ2n) is 7.58. The topological polar surface area (TPSA) is 70.2 Å². The van der Waals surface area contributed by atoms with Crippen molar-refractivity contribution in [2.24, 2.45) is 11.3 Å². The van der Waals surface area contributed by atoms with E-state index in [-0.39, 0.29) is 35.6 Å². The van der Waals surface area contributed by atoms with Gasteiger partial charge in [0, 0.05) is 11.6 Å². The van der Waals surface area contributed by atoms with Gasteiger partial charge in [-0.1, -0.05) is 48.5 Å². The number of nitrogens with one attached hydrogen (secondary N) is 3. The van der Waals surface area contributed by atoms with E-state index in [1.807, 2.05) is 60.7 Å². The molecule has 2 atom stereocenters. The number of piperidine rings is 1. The predicted molar refractivity (Wildman–Crippen MR) is 112 cm³/mol. The van der Waals surface area contributed by atoms with E-state index in [4.69, 9.17) is 0 Å². The van der Waals surface area contributed by atoms with Crippen molar-refractivity contribution >= 4 is 29.9 Å². The average molecular weight is 400 g/mol. The third kappa shape index (κ3) is 4.37. The molecule has 4 rings (SSSR count). The van der Waals surface area contributed by atoms with Gasteiger partial charge in [-0.2, -0.15) is 0 Å². The molecule has 0 radical (unpaired) electrons. The Morgan fingerprint density at radius 1 is 0.964 bits per heavy atom. The second-order valence-corrected chi connectivity index (χ2v) is 7.58. The maximum atomic E-state index is 12.9. The van der Waals surface area contributed by atoms with Crippen LogP contribution in [0.15, 0.2) is 60.7 Å². The van der Waals surface area contributed by atoms with Crippen LogP contribution in [0.25, 0.3) is 0 Å². The molecule has 2 aromatic carbocycles. The van der Waals surface area contributed by atoms with Crippen molar-refractivity contribution in [1.82, 2.24) is 10.6 Å². The number of hydrogen-bond donors (Lipinski definition) is 3. The summed E-state index contributed by atoms with van der Waals surface area (Å²) in [5, 5.41) is 9.28. The number of anilines is 1. The van der Waals surface area contributed by atoms with Crippen molar-refractivity contribution in [3.8, 4) is 0 Å². The van der Waals surface area contributed by atoms with E-state index in [0.29, 0.717) is 0 Å². The highest BCUT2D eigenvalue weighted by molar-refractivity contribution is 5.98. The highest BCUT2D eigenvalue weighted by atomic mass is 35.5. The van der Waals surface area contributed by atoms with E-state index >= 15 is 0 Å². The molecule has 5 nitrogen and oxygen atoms in total. The van der Waals surface area contributed by atoms with E-state index < -0.39 is 6.04 Å². The summed E-state index contributed by atoms with van der Waals surface area (Å²) in [5.41, 5.74) is 1.66. The van der Waals surface area contributed by atoms with Crippen LogP contribution in [0.5, 0.6) is 0 Å². The van der Waals surface area contributed by atoms with Gasteiger partial charge in [0.25, 0.3) is 5.91 Å². The fourth-order valence-corrected chi connectivity index (χ4v) is 4.12. The summed E-state index contributed by atoms with van der Waals surface area (Å²) in [4.78, 5) is 25.8. The van der Waals surface area contributed by atoms with Crippen LogP contribution in [0.1, 0.15) is 30.9 Å². The minimum atomic E-state index is -0.696. The molecule has 0 aromatic heterocycles. The molecular formula is C22H26ClN3O2. The Labute approximate surface area is 171 Å². The first-order valence-corrected chi connectivity index (χ1v) is 9.60. The van der Waals surface area contributed by atoms with Gasteiger partial charge in [0.05, 0.1) is 0 Å². The maximum absolute atomic E-state index is 12.9. The third-order valence-corrected chi connectivity index (χ3v) is 5.83. The van der Waals surface area contributed by atoms with Crippen molar-refractivity contribution in [2.45, 2.75) is 25.3 Å². The van der Waals surface area contributed by atoms with E-state index in [2.05, 4.69) is 16.0 Å². The van der Waals surface area contributed by atoms with Crippen LogP contribution in [0.4, 0.5) is 5.69 Å². The van der Waals surface area contributed by atoms with Crippen LogP contribution < -0.4 is 16.0 Å². The highest BCUT2D eigenvalue weighted by Gasteiger charge is 2.57. The largest absolute Gasteiger partial charge is 0.340 e. The van der Waals surface area contributed by atoms with E-state index in [1.54, 1.807) is 0 Å². The molecule has 3 N–H and O–H groups in total. The molecule has 2 unspecified atom stereocenters. The number of carbonyl (C=O) groups is 2. The van der Waals surface area contributed by atoms with Gasteiger partial charge in [-0.05, 0) is 55.5 Å². The SMILES string of the molecule is Cl.O=C(Nc1ccccc1)C(NC(=O)C1CC12CCNCC2)c1ccccc1. The fraction of sp³-hybridized carbons (Fsp3) is 0.364. The summed E-state index contributed by atoms with van der Waals surface area (Å²) in [6, 6.07) is 18.1. The molecule has 148 valence electrons. The molecule has 2 amide bonds. The zero-order valence-corrected chi connectivity index (χ0v) is 16.5. The molecular weight excluding hydrogens is 374 g/mol. The molecule has 1 spiro atoms. The van der Waals surface area contributed by atoms with Gasteiger partial charge in [-0.25, -0.2) is 0 Å². The number of halogens is 1. The second kappa shape index (κ2) is 8.76. The third-order valence-electron chi connectivity index (χ3n) is 5.83. The quantitative estimate of drug-likeness (QED) is 0.722. The van der Waals surface area contributed by atoms with Crippen LogP contribution in [0.3, 0.4) is 0 Å². The summed E-state index contributed by atoms with van der Waals surface area (Å²) in [6.45, 7) is 1.95. The van der Waals surface area contributed by atoms with Gasteiger partial charge in [0.1, 0.15) is 6.04 Å². The highest BCUT2D eigenvalue weighted by Crippen LogP contribution is 2.58. The first-order chi connectivity index (χ1) is 13.2. The van der Waals surface area contributed by atoms with E-state index in [1.165, 1.54) is 0 Å². The van der Waals surface area contributed by atoms with Gasteiger partial charge in [0.15, 0.2) is 0 Å².